The molecule has 0 spiro atoms. The molecule has 1 unspecified atom stereocenters. The zero-order valence-corrected chi connectivity index (χ0v) is 15.3. The van der Waals surface area contributed by atoms with E-state index >= 15 is 0 Å². The molecule has 2 fully saturated rings. The molecule has 0 aromatic heterocycles. The number of carbonyl (C=O) groups excluding carboxylic acids is 1. The summed E-state index contributed by atoms with van der Waals surface area (Å²) in [6.07, 6.45) is 5.17. The highest BCUT2D eigenvalue weighted by molar-refractivity contribution is 7.89. The summed E-state index contributed by atoms with van der Waals surface area (Å²) in [5.41, 5.74) is 6.93. The van der Waals surface area contributed by atoms with Crippen LogP contribution >= 0.6 is 0 Å². The third kappa shape index (κ3) is 4.80. The van der Waals surface area contributed by atoms with Crippen LogP contribution in [0.1, 0.15) is 37.7 Å². The van der Waals surface area contributed by atoms with Gasteiger partial charge in [-0.3, -0.25) is 4.79 Å². The van der Waals surface area contributed by atoms with Crippen molar-refractivity contribution in [2.45, 2.75) is 49.5 Å². The molecule has 3 N–H and O–H groups in total. The highest BCUT2D eigenvalue weighted by Gasteiger charge is 2.28. The molecular weight excluding hydrogens is 338 g/mol. The van der Waals surface area contributed by atoms with E-state index in [-0.39, 0.29) is 11.9 Å². The Morgan fingerprint density at radius 3 is 2.44 bits per heavy atom. The standard InChI is InChI=1S/C18H27N3O3S/c19-17(15-6-7-15)13-20-18(22)10-5-14-3-8-16(9-4-14)25(23,24)21-11-1-2-12-21/h3-4,8-9,15,17H,1-2,5-7,10-13,19H2,(H,20,22). The number of nitrogens with zero attached hydrogens (tertiary/aromatic N) is 1. The Hall–Kier alpha value is -1.44. The molecule has 25 heavy (non-hydrogen) atoms. The minimum Gasteiger partial charge on any atom is -0.355 e. The zero-order chi connectivity index (χ0) is 17.9. The fourth-order valence-electron chi connectivity index (χ4n) is 3.17. The van der Waals surface area contributed by atoms with Crippen LogP contribution in [0.25, 0.3) is 0 Å². The predicted octanol–water partition coefficient (Wildman–Crippen LogP) is 1.26. The molecule has 3 rings (SSSR count). The first-order valence-corrected chi connectivity index (χ1v) is 10.5. The second kappa shape index (κ2) is 7.85. The molecule has 0 radical (unpaired) electrons. The topological polar surface area (TPSA) is 92.5 Å². The predicted molar refractivity (Wildman–Crippen MR) is 96.5 cm³/mol. The van der Waals surface area contributed by atoms with Gasteiger partial charge in [0.2, 0.25) is 15.9 Å². The normalized spacial score (nSPS) is 19.7. The van der Waals surface area contributed by atoms with Gasteiger partial charge in [0.1, 0.15) is 0 Å². The maximum atomic E-state index is 12.5. The first-order chi connectivity index (χ1) is 12.0. The number of aryl methyl sites for hydroxylation is 1. The van der Waals surface area contributed by atoms with Gasteiger partial charge in [0.15, 0.2) is 0 Å². The van der Waals surface area contributed by atoms with Crippen molar-refractivity contribution in [3.05, 3.63) is 29.8 Å². The molecule has 1 saturated heterocycles. The monoisotopic (exact) mass is 365 g/mol. The third-order valence-corrected chi connectivity index (χ3v) is 6.94. The van der Waals surface area contributed by atoms with E-state index in [2.05, 4.69) is 5.32 Å². The Morgan fingerprint density at radius 1 is 1.20 bits per heavy atom. The van der Waals surface area contributed by atoms with Crippen LogP contribution in [0.5, 0.6) is 0 Å². The van der Waals surface area contributed by atoms with Gasteiger partial charge in [0.25, 0.3) is 0 Å². The number of nitrogens with two attached hydrogens (primary N) is 1. The zero-order valence-electron chi connectivity index (χ0n) is 14.5. The molecular formula is C18H27N3O3S. The Labute approximate surface area is 149 Å². The lowest BCUT2D eigenvalue weighted by Gasteiger charge is -2.15. The van der Waals surface area contributed by atoms with Crippen molar-refractivity contribution < 1.29 is 13.2 Å². The SMILES string of the molecule is NC(CNC(=O)CCc1ccc(S(=O)(=O)N2CCCC2)cc1)C1CC1. The van der Waals surface area contributed by atoms with Gasteiger partial charge in [-0.2, -0.15) is 4.31 Å². The first-order valence-electron chi connectivity index (χ1n) is 9.08. The molecule has 0 bridgehead atoms. The maximum absolute atomic E-state index is 12.5. The lowest BCUT2D eigenvalue weighted by Crippen LogP contribution is -2.38. The molecule has 138 valence electrons. The molecule has 7 heteroatoms. The van der Waals surface area contributed by atoms with Crippen LogP contribution in [-0.4, -0.2) is 44.3 Å². The van der Waals surface area contributed by atoms with Crippen LogP contribution in [0.4, 0.5) is 0 Å². The van der Waals surface area contributed by atoms with Crippen molar-refractivity contribution in [2.24, 2.45) is 11.7 Å². The number of amides is 1. The van der Waals surface area contributed by atoms with Crippen molar-refractivity contribution >= 4 is 15.9 Å². The van der Waals surface area contributed by atoms with Crippen LogP contribution < -0.4 is 11.1 Å². The van der Waals surface area contributed by atoms with E-state index in [1.165, 1.54) is 12.8 Å². The molecule has 1 heterocycles. The highest BCUT2D eigenvalue weighted by atomic mass is 32.2. The fraction of sp³-hybridized carbons (Fsp3) is 0.611. The summed E-state index contributed by atoms with van der Waals surface area (Å²) in [5, 5.41) is 2.88. The van der Waals surface area contributed by atoms with E-state index in [4.69, 9.17) is 5.73 Å². The molecule has 1 aliphatic heterocycles. The van der Waals surface area contributed by atoms with Crippen LogP contribution in [0.15, 0.2) is 29.2 Å². The Bertz CT molecular complexity index is 693. The lowest BCUT2D eigenvalue weighted by molar-refractivity contribution is -0.121. The van der Waals surface area contributed by atoms with Crippen molar-refractivity contribution in [1.82, 2.24) is 9.62 Å². The number of sulfonamides is 1. The molecule has 1 aliphatic carbocycles. The number of rotatable bonds is 8. The lowest BCUT2D eigenvalue weighted by atomic mass is 10.1. The van der Waals surface area contributed by atoms with Crippen LogP contribution in [0.2, 0.25) is 0 Å². The minimum atomic E-state index is -3.37. The number of hydrogen-bond donors (Lipinski definition) is 2. The summed E-state index contributed by atoms with van der Waals surface area (Å²) in [4.78, 5) is 12.2. The molecule has 1 aromatic rings. The van der Waals surface area contributed by atoms with Gasteiger partial charge in [-0.15, -0.1) is 0 Å². The number of benzene rings is 1. The van der Waals surface area contributed by atoms with E-state index < -0.39 is 10.0 Å². The summed E-state index contributed by atoms with van der Waals surface area (Å²) in [5.74, 6) is 0.565. The van der Waals surface area contributed by atoms with Crippen molar-refractivity contribution in [3.63, 3.8) is 0 Å². The molecule has 1 saturated carbocycles. The second-order valence-corrected chi connectivity index (χ2v) is 9.00. The Morgan fingerprint density at radius 2 is 1.84 bits per heavy atom. The molecule has 1 amide bonds. The van der Waals surface area contributed by atoms with E-state index in [9.17, 15) is 13.2 Å². The van der Waals surface area contributed by atoms with Crippen molar-refractivity contribution in [3.8, 4) is 0 Å². The van der Waals surface area contributed by atoms with E-state index in [0.29, 0.717) is 43.3 Å². The number of nitrogens with one attached hydrogen (secondary N) is 1. The first kappa shape index (κ1) is 18.4. The average Bonchev–Trinajstić information content (AvgIpc) is 3.31. The average molecular weight is 365 g/mol. The van der Waals surface area contributed by atoms with Gasteiger partial charge in [0, 0.05) is 32.1 Å². The molecule has 2 aliphatic rings. The maximum Gasteiger partial charge on any atom is 0.243 e. The largest absolute Gasteiger partial charge is 0.355 e. The molecule has 6 nitrogen and oxygen atoms in total. The summed E-state index contributed by atoms with van der Waals surface area (Å²) < 4.78 is 26.5. The Kier molecular flexibility index (Phi) is 5.76. The molecule has 1 aromatic carbocycles. The van der Waals surface area contributed by atoms with Crippen LogP contribution in [0, 0.1) is 5.92 Å². The van der Waals surface area contributed by atoms with Gasteiger partial charge in [-0.05, 0) is 55.7 Å². The minimum absolute atomic E-state index is 0.00938. The van der Waals surface area contributed by atoms with Crippen LogP contribution in [-0.2, 0) is 21.2 Å². The van der Waals surface area contributed by atoms with E-state index in [0.717, 1.165) is 18.4 Å². The number of hydrogen-bond acceptors (Lipinski definition) is 4. The summed E-state index contributed by atoms with van der Waals surface area (Å²) in [6.45, 7) is 1.75. The van der Waals surface area contributed by atoms with E-state index in [1.54, 1.807) is 28.6 Å². The van der Waals surface area contributed by atoms with E-state index in [1.807, 2.05) is 0 Å². The third-order valence-electron chi connectivity index (χ3n) is 5.03. The van der Waals surface area contributed by atoms with Gasteiger partial charge >= 0.3 is 0 Å². The highest BCUT2D eigenvalue weighted by Crippen LogP contribution is 2.31. The summed E-state index contributed by atoms with van der Waals surface area (Å²) in [6, 6.07) is 6.95. The fourth-order valence-corrected chi connectivity index (χ4v) is 4.69. The van der Waals surface area contributed by atoms with Crippen LogP contribution in [0.3, 0.4) is 0 Å². The second-order valence-electron chi connectivity index (χ2n) is 7.06. The Balaban J connectivity index is 1.48. The number of carbonyl (C=O) groups is 1. The van der Waals surface area contributed by atoms with Crippen molar-refractivity contribution in [2.75, 3.05) is 19.6 Å². The summed E-state index contributed by atoms with van der Waals surface area (Å²) >= 11 is 0. The van der Waals surface area contributed by atoms with Gasteiger partial charge in [0.05, 0.1) is 4.90 Å². The van der Waals surface area contributed by atoms with Crippen molar-refractivity contribution in [1.29, 1.82) is 0 Å². The molecule has 1 atom stereocenters. The smallest absolute Gasteiger partial charge is 0.243 e. The summed E-state index contributed by atoms with van der Waals surface area (Å²) in [7, 11) is -3.37. The van der Waals surface area contributed by atoms with Gasteiger partial charge in [-0.25, -0.2) is 8.42 Å². The van der Waals surface area contributed by atoms with Gasteiger partial charge < -0.3 is 11.1 Å². The quantitative estimate of drug-likeness (QED) is 0.725. The van der Waals surface area contributed by atoms with Gasteiger partial charge in [-0.1, -0.05) is 12.1 Å².